The number of hydrogen-bond acceptors (Lipinski definition) is 6. The molecule has 3 aromatic carbocycles. The molecule has 0 N–H and O–H groups in total. The maximum Gasteiger partial charge on any atom is 0.307 e. The molecule has 0 aliphatic rings. The van der Waals surface area contributed by atoms with Gasteiger partial charge in [0.1, 0.15) is 5.82 Å². The fourth-order valence-electron chi connectivity index (χ4n) is 3.73. The Morgan fingerprint density at radius 1 is 1.00 bits per heavy atom. The summed E-state index contributed by atoms with van der Waals surface area (Å²) < 4.78 is 4.75. The molecular formula is C28H24N4O3. The summed E-state index contributed by atoms with van der Waals surface area (Å²) in [5.41, 5.74) is 3.58. The quantitative estimate of drug-likeness (QED) is 0.356. The predicted octanol–water partition coefficient (Wildman–Crippen LogP) is 4.50. The van der Waals surface area contributed by atoms with Gasteiger partial charge in [0.2, 0.25) is 0 Å². The minimum atomic E-state index is -0.378. The highest BCUT2D eigenvalue weighted by Crippen LogP contribution is 2.20. The monoisotopic (exact) mass is 464 g/mol. The minimum Gasteiger partial charge on any atom is -0.469 e. The number of amides is 1. The molecule has 0 saturated heterocycles. The molecule has 0 bridgehead atoms. The van der Waals surface area contributed by atoms with Crippen LogP contribution in [0.25, 0.3) is 10.9 Å². The smallest absolute Gasteiger partial charge is 0.307 e. The van der Waals surface area contributed by atoms with Gasteiger partial charge in [0.15, 0.2) is 0 Å². The van der Waals surface area contributed by atoms with E-state index in [2.05, 4.69) is 16.0 Å². The van der Waals surface area contributed by atoms with Gasteiger partial charge >= 0.3 is 5.97 Å². The van der Waals surface area contributed by atoms with Crippen molar-refractivity contribution >= 4 is 28.5 Å². The van der Waals surface area contributed by atoms with Crippen molar-refractivity contribution in [3.05, 3.63) is 102 Å². The lowest BCUT2D eigenvalue weighted by Gasteiger charge is -2.22. The van der Waals surface area contributed by atoms with Crippen molar-refractivity contribution in [2.75, 3.05) is 18.6 Å². The molecule has 0 fully saturated rings. The summed E-state index contributed by atoms with van der Waals surface area (Å²) >= 11 is 0. The van der Waals surface area contributed by atoms with Crippen molar-refractivity contribution in [1.82, 2.24) is 9.97 Å². The Hall–Kier alpha value is -4.57. The van der Waals surface area contributed by atoms with Crippen LogP contribution in [0.3, 0.4) is 0 Å². The number of esters is 1. The molecule has 1 amide bonds. The number of ether oxygens (including phenoxy) is 1. The highest BCUT2D eigenvalue weighted by molar-refractivity contribution is 6.07. The first kappa shape index (κ1) is 23.6. The molecule has 0 saturated carbocycles. The normalized spacial score (nSPS) is 10.5. The summed E-state index contributed by atoms with van der Waals surface area (Å²) in [5.74, 6) is 0.0775. The van der Waals surface area contributed by atoms with Gasteiger partial charge in [-0.15, -0.1) is 0 Å². The first-order chi connectivity index (χ1) is 17.1. The van der Waals surface area contributed by atoms with Gasteiger partial charge in [0.25, 0.3) is 5.91 Å². The Kier molecular flexibility index (Phi) is 7.44. The zero-order valence-corrected chi connectivity index (χ0v) is 19.3. The largest absolute Gasteiger partial charge is 0.469 e. The Morgan fingerprint density at radius 3 is 2.49 bits per heavy atom. The number of aryl methyl sites for hydroxylation is 2. The van der Waals surface area contributed by atoms with Crippen molar-refractivity contribution < 1.29 is 14.3 Å². The van der Waals surface area contributed by atoms with E-state index in [1.54, 1.807) is 35.4 Å². The van der Waals surface area contributed by atoms with Crippen LogP contribution in [0.5, 0.6) is 0 Å². The molecule has 0 aliphatic carbocycles. The van der Waals surface area contributed by atoms with Crippen molar-refractivity contribution in [3.8, 4) is 6.07 Å². The van der Waals surface area contributed by atoms with Gasteiger partial charge in [-0.2, -0.15) is 5.26 Å². The standard InChI is InChI=1S/C28H24N4O3/c1-35-27(33)15-16-32(24-5-3-2-4-6-24)28(34)22-12-13-23-19-30-26(31-25(23)17-22)14-11-20-7-9-21(18-29)10-8-20/h2-10,12-13,17,19H,11,14-16H2,1H3. The van der Waals surface area contributed by atoms with Crippen LogP contribution in [-0.4, -0.2) is 35.5 Å². The molecule has 0 radical (unpaired) electrons. The lowest BCUT2D eigenvalue weighted by molar-refractivity contribution is -0.140. The van der Waals surface area contributed by atoms with Crippen LogP contribution in [0.15, 0.2) is 79.0 Å². The molecule has 0 aliphatic heterocycles. The summed E-state index contributed by atoms with van der Waals surface area (Å²) in [6, 6.07) is 24.2. The second kappa shape index (κ2) is 11.0. The molecule has 35 heavy (non-hydrogen) atoms. The Morgan fingerprint density at radius 2 is 1.77 bits per heavy atom. The fraction of sp³-hybridized carbons (Fsp3) is 0.179. The van der Waals surface area contributed by atoms with Gasteiger partial charge in [0, 0.05) is 35.8 Å². The van der Waals surface area contributed by atoms with E-state index in [0.29, 0.717) is 34.6 Å². The zero-order chi connectivity index (χ0) is 24.6. The lowest BCUT2D eigenvalue weighted by atomic mass is 10.1. The van der Waals surface area contributed by atoms with Gasteiger partial charge < -0.3 is 9.64 Å². The zero-order valence-electron chi connectivity index (χ0n) is 19.3. The maximum atomic E-state index is 13.4. The van der Waals surface area contributed by atoms with Gasteiger partial charge in [-0.3, -0.25) is 9.59 Å². The maximum absolute atomic E-state index is 13.4. The Balaban J connectivity index is 1.55. The highest BCUT2D eigenvalue weighted by atomic mass is 16.5. The topological polar surface area (TPSA) is 96.2 Å². The summed E-state index contributed by atoms with van der Waals surface area (Å²) in [4.78, 5) is 35.9. The molecule has 4 rings (SSSR count). The van der Waals surface area contributed by atoms with Gasteiger partial charge in [-0.1, -0.05) is 36.4 Å². The number of hydrogen-bond donors (Lipinski definition) is 0. The Labute approximate surface area is 203 Å². The molecule has 0 spiro atoms. The second-order valence-electron chi connectivity index (χ2n) is 7.99. The molecule has 1 heterocycles. The number of benzene rings is 3. The highest BCUT2D eigenvalue weighted by Gasteiger charge is 2.19. The van der Waals surface area contributed by atoms with Gasteiger partial charge in [0.05, 0.1) is 30.7 Å². The summed E-state index contributed by atoms with van der Waals surface area (Å²) in [7, 11) is 1.33. The third kappa shape index (κ3) is 5.87. The van der Waals surface area contributed by atoms with Crippen LogP contribution in [0.1, 0.15) is 33.7 Å². The minimum absolute atomic E-state index is 0.0897. The molecule has 4 aromatic rings. The predicted molar refractivity (Wildman–Crippen MR) is 133 cm³/mol. The summed E-state index contributed by atoms with van der Waals surface area (Å²) in [6.07, 6.45) is 3.23. The van der Waals surface area contributed by atoms with E-state index in [1.807, 2.05) is 48.5 Å². The van der Waals surface area contributed by atoms with Crippen molar-refractivity contribution in [2.24, 2.45) is 0 Å². The van der Waals surface area contributed by atoms with Crippen LogP contribution in [0, 0.1) is 11.3 Å². The van der Waals surface area contributed by atoms with Crippen molar-refractivity contribution in [1.29, 1.82) is 5.26 Å². The number of para-hydroxylation sites is 1. The SMILES string of the molecule is COC(=O)CCN(C(=O)c1ccc2cnc(CCc3ccc(C#N)cc3)nc2c1)c1ccccc1. The van der Waals surface area contributed by atoms with Crippen molar-refractivity contribution in [2.45, 2.75) is 19.3 Å². The summed E-state index contributed by atoms with van der Waals surface area (Å²) in [6.45, 7) is 0.202. The van der Waals surface area contributed by atoms with E-state index in [4.69, 9.17) is 10.00 Å². The third-order valence-electron chi connectivity index (χ3n) is 5.68. The molecule has 7 heteroatoms. The first-order valence-corrected chi connectivity index (χ1v) is 11.3. The number of aromatic nitrogens is 2. The van der Waals surface area contributed by atoms with E-state index in [9.17, 15) is 9.59 Å². The van der Waals surface area contributed by atoms with Gasteiger partial charge in [-0.25, -0.2) is 9.97 Å². The molecule has 0 atom stereocenters. The van der Waals surface area contributed by atoms with Crippen LogP contribution in [0.4, 0.5) is 5.69 Å². The van der Waals surface area contributed by atoms with Crippen LogP contribution in [0.2, 0.25) is 0 Å². The third-order valence-corrected chi connectivity index (χ3v) is 5.68. The lowest BCUT2D eigenvalue weighted by Crippen LogP contribution is -2.33. The fourth-order valence-corrected chi connectivity index (χ4v) is 3.73. The number of methoxy groups -OCH3 is 1. The number of anilines is 1. The number of nitrogens with zero attached hydrogens (tertiary/aromatic N) is 4. The van der Waals surface area contributed by atoms with E-state index < -0.39 is 0 Å². The number of carbonyl (C=O) groups excluding carboxylic acids is 2. The summed E-state index contributed by atoms with van der Waals surface area (Å²) in [5, 5.41) is 9.78. The molecule has 174 valence electrons. The van der Waals surface area contributed by atoms with E-state index in [0.717, 1.165) is 17.4 Å². The van der Waals surface area contributed by atoms with Crippen LogP contribution < -0.4 is 4.90 Å². The molecule has 7 nitrogen and oxygen atoms in total. The average molecular weight is 465 g/mol. The number of rotatable bonds is 8. The molecule has 0 unspecified atom stereocenters. The van der Waals surface area contributed by atoms with E-state index in [1.165, 1.54) is 7.11 Å². The number of nitriles is 1. The van der Waals surface area contributed by atoms with Crippen LogP contribution >= 0.6 is 0 Å². The second-order valence-corrected chi connectivity index (χ2v) is 7.99. The molecule has 1 aromatic heterocycles. The van der Waals surface area contributed by atoms with E-state index in [-0.39, 0.29) is 24.8 Å². The van der Waals surface area contributed by atoms with Crippen molar-refractivity contribution in [3.63, 3.8) is 0 Å². The van der Waals surface area contributed by atoms with E-state index >= 15 is 0 Å². The molecular weight excluding hydrogens is 440 g/mol. The van der Waals surface area contributed by atoms with Gasteiger partial charge in [-0.05, 0) is 48.4 Å². The first-order valence-electron chi connectivity index (χ1n) is 11.3. The average Bonchev–Trinajstić information content (AvgIpc) is 2.92. The Bertz CT molecular complexity index is 1380. The number of carbonyl (C=O) groups is 2. The van der Waals surface area contributed by atoms with Crippen LogP contribution in [-0.2, 0) is 22.4 Å². The number of fused-ring (bicyclic) bond motifs is 1.